The summed E-state index contributed by atoms with van der Waals surface area (Å²) in [5.41, 5.74) is 1.31. The molecule has 0 saturated heterocycles. The van der Waals surface area contributed by atoms with Crippen LogP contribution in [0.1, 0.15) is 10.5 Å². The molecule has 1 N–H and O–H groups in total. The van der Waals surface area contributed by atoms with E-state index >= 15 is 0 Å². The molecule has 0 bridgehead atoms. The van der Waals surface area contributed by atoms with Gasteiger partial charge in [-0.25, -0.2) is 4.68 Å². The Morgan fingerprint density at radius 2 is 2.04 bits per heavy atom. The van der Waals surface area contributed by atoms with Gasteiger partial charge in [0.2, 0.25) is 5.13 Å². The number of hydrogen-bond donors (Lipinski definition) is 1. The van der Waals surface area contributed by atoms with E-state index in [0.29, 0.717) is 10.9 Å². The molecule has 24 heavy (non-hydrogen) atoms. The lowest BCUT2D eigenvalue weighted by Gasteiger charge is -2.08. The number of para-hydroxylation sites is 1. The Hall–Kier alpha value is -3.07. The Morgan fingerprint density at radius 3 is 2.79 bits per heavy atom. The second-order valence-electron chi connectivity index (χ2n) is 4.64. The summed E-state index contributed by atoms with van der Waals surface area (Å²) < 4.78 is 6.73. The van der Waals surface area contributed by atoms with Crippen molar-refractivity contribution >= 4 is 22.4 Å². The summed E-state index contributed by atoms with van der Waals surface area (Å²) >= 11 is 1.19. The average Bonchev–Trinajstić information content (AvgIpc) is 3.10. The molecule has 0 fully saturated rings. The number of hydrogen-bond acceptors (Lipinski definition) is 7. The number of nitrogens with zero attached hydrogens (tertiary/aromatic N) is 4. The first-order valence-electron chi connectivity index (χ1n) is 7.06. The Labute approximate surface area is 140 Å². The Balaban J connectivity index is 1.65. The van der Waals surface area contributed by atoms with Gasteiger partial charge in [0.25, 0.3) is 11.5 Å². The first-order chi connectivity index (χ1) is 11.7. The van der Waals surface area contributed by atoms with Crippen molar-refractivity contribution in [1.82, 2.24) is 20.0 Å². The average molecular weight is 343 g/mol. The molecule has 0 aliphatic rings. The van der Waals surface area contributed by atoms with Crippen molar-refractivity contribution in [3.05, 3.63) is 64.0 Å². The van der Waals surface area contributed by atoms with Gasteiger partial charge in [-0.1, -0.05) is 29.5 Å². The van der Waals surface area contributed by atoms with Crippen LogP contribution in [-0.4, -0.2) is 32.5 Å². The molecule has 0 spiro atoms. The van der Waals surface area contributed by atoms with E-state index in [9.17, 15) is 9.59 Å². The maximum atomic E-state index is 12.1. The summed E-state index contributed by atoms with van der Waals surface area (Å²) in [4.78, 5) is 23.9. The standard InChI is InChI=1S/C15H13N5O3S/c21-13-7-6-12(14(22)17-15-18-16-10-24-15)19-20(13)8-9-23-11-4-2-1-3-5-11/h1-7,10H,8-9H2,(H,17,18,22). The minimum absolute atomic E-state index is 0.115. The van der Waals surface area contributed by atoms with Crippen LogP contribution in [0.5, 0.6) is 5.75 Å². The van der Waals surface area contributed by atoms with Gasteiger partial charge in [0.05, 0.1) is 6.54 Å². The lowest BCUT2D eigenvalue weighted by atomic mass is 10.3. The largest absolute Gasteiger partial charge is 0.492 e. The van der Waals surface area contributed by atoms with E-state index < -0.39 is 5.91 Å². The molecule has 2 aromatic heterocycles. The number of benzene rings is 1. The molecule has 122 valence electrons. The Bertz CT molecular complexity index is 864. The normalized spacial score (nSPS) is 10.3. The molecule has 9 heteroatoms. The SMILES string of the molecule is O=C(Nc1nncs1)c1ccc(=O)n(CCOc2ccccc2)n1. The number of carbonyl (C=O) groups excluding carboxylic acids is 1. The predicted octanol–water partition coefficient (Wildman–Crippen LogP) is 1.43. The van der Waals surface area contributed by atoms with Crippen molar-refractivity contribution in [2.75, 3.05) is 11.9 Å². The van der Waals surface area contributed by atoms with Gasteiger partial charge < -0.3 is 4.74 Å². The van der Waals surface area contributed by atoms with Crippen LogP contribution in [0, 0.1) is 0 Å². The van der Waals surface area contributed by atoms with Crippen molar-refractivity contribution in [3.8, 4) is 5.75 Å². The smallest absolute Gasteiger partial charge is 0.277 e. The van der Waals surface area contributed by atoms with E-state index in [1.165, 1.54) is 33.7 Å². The molecule has 3 aromatic rings. The number of aromatic nitrogens is 4. The first-order valence-corrected chi connectivity index (χ1v) is 7.94. The summed E-state index contributed by atoms with van der Waals surface area (Å²) in [6.07, 6.45) is 0. The monoisotopic (exact) mass is 343 g/mol. The maximum absolute atomic E-state index is 12.1. The van der Waals surface area contributed by atoms with Gasteiger partial charge >= 0.3 is 0 Å². The van der Waals surface area contributed by atoms with Gasteiger partial charge in [0, 0.05) is 6.07 Å². The molecule has 0 radical (unpaired) electrons. The fourth-order valence-electron chi connectivity index (χ4n) is 1.89. The van der Waals surface area contributed by atoms with Gasteiger partial charge in [0.1, 0.15) is 23.6 Å². The lowest BCUT2D eigenvalue weighted by molar-refractivity contribution is 0.101. The van der Waals surface area contributed by atoms with Crippen LogP contribution in [-0.2, 0) is 6.54 Å². The third-order valence-corrected chi connectivity index (χ3v) is 3.60. The number of carbonyl (C=O) groups is 1. The van der Waals surface area contributed by atoms with Crippen LogP contribution >= 0.6 is 11.3 Å². The molecule has 0 saturated carbocycles. The Morgan fingerprint density at radius 1 is 1.21 bits per heavy atom. The van der Waals surface area contributed by atoms with Crippen LogP contribution in [0.15, 0.2) is 52.8 Å². The van der Waals surface area contributed by atoms with Crippen LogP contribution in [0.3, 0.4) is 0 Å². The van der Waals surface area contributed by atoms with Crippen LogP contribution in [0.4, 0.5) is 5.13 Å². The van der Waals surface area contributed by atoms with E-state index in [1.54, 1.807) is 0 Å². The van der Waals surface area contributed by atoms with E-state index in [2.05, 4.69) is 20.6 Å². The van der Waals surface area contributed by atoms with Crippen LogP contribution in [0.2, 0.25) is 0 Å². The zero-order chi connectivity index (χ0) is 16.8. The summed E-state index contributed by atoms with van der Waals surface area (Å²) in [5, 5.41) is 14.3. The van der Waals surface area contributed by atoms with Crippen molar-refractivity contribution in [2.24, 2.45) is 0 Å². The summed E-state index contributed by atoms with van der Waals surface area (Å²) in [5.74, 6) is 0.250. The van der Waals surface area contributed by atoms with Gasteiger partial charge in [0.15, 0.2) is 0 Å². The number of amides is 1. The second kappa shape index (κ2) is 7.47. The maximum Gasteiger partial charge on any atom is 0.277 e. The van der Waals surface area contributed by atoms with E-state index in [1.807, 2.05) is 30.3 Å². The highest BCUT2D eigenvalue weighted by Gasteiger charge is 2.11. The number of ether oxygens (including phenoxy) is 1. The quantitative estimate of drug-likeness (QED) is 0.727. The molecule has 0 atom stereocenters. The van der Waals surface area contributed by atoms with E-state index in [-0.39, 0.29) is 24.4 Å². The van der Waals surface area contributed by atoms with E-state index in [0.717, 1.165) is 0 Å². The second-order valence-corrected chi connectivity index (χ2v) is 5.47. The van der Waals surface area contributed by atoms with Crippen molar-refractivity contribution in [1.29, 1.82) is 0 Å². The fraction of sp³-hybridized carbons (Fsp3) is 0.133. The van der Waals surface area contributed by atoms with Gasteiger partial charge in [-0.05, 0) is 18.2 Å². The predicted molar refractivity (Wildman–Crippen MR) is 88.3 cm³/mol. The number of nitrogens with one attached hydrogen (secondary N) is 1. The molecule has 2 heterocycles. The highest BCUT2D eigenvalue weighted by molar-refractivity contribution is 7.13. The molecule has 1 aromatic carbocycles. The zero-order valence-corrected chi connectivity index (χ0v) is 13.3. The van der Waals surface area contributed by atoms with E-state index in [4.69, 9.17) is 4.74 Å². The van der Waals surface area contributed by atoms with Crippen molar-refractivity contribution in [3.63, 3.8) is 0 Å². The topological polar surface area (TPSA) is 99.0 Å². The molecule has 0 aliphatic carbocycles. The third kappa shape index (κ3) is 4.02. The molecular formula is C15H13N5O3S. The Kier molecular flexibility index (Phi) is 4.92. The first kappa shape index (κ1) is 15.8. The van der Waals surface area contributed by atoms with Gasteiger partial charge in [-0.15, -0.1) is 10.2 Å². The highest BCUT2D eigenvalue weighted by atomic mass is 32.1. The van der Waals surface area contributed by atoms with Gasteiger partial charge in [-0.3, -0.25) is 14.9 Å². The van der Waals surface area contributed by atoms with Crippen molar-refractivity contribution in [2.45, 2.75) is 6.54 Å². The number of rotatable bonds is 6. The third-order valence-electron chi connectivity index (χ3n) is 2.99. The minimum Gasteiger partial charge on any atom is -0.492 e. The fourth-order valence-corrected chi connectivity index (χ4v) is 2.33. The molecule has 8 nitrogen and oxygen atoms in total. The molecule has 3 rings (SSSR count). The molecule has 0 unspecified atom stereocenters. The summed E-state index contributed by atoms with van der Waals surface area (Å²) in [6, 6.07) is 11.9. The minimum atomic E-state index is -0.454. The highest BCUT2D eigenvalue weighted by Crippen LogP contribution is 2.09. The van der Waals surface area contributed by atoms with Gasteiger partial charge in [-0.2, -0.15) is 5.10 Å². The summed E-state index contributed by atoms with van der Waals surface area (Å²) in [6.45, 7) is 0.492. The van der Waals surface area contributed by atoms with Crippen LogP contribution < -0.4 is 15.6 Å². The zero-order valence-electron chi connectivity index (χ0n) is 12.5. The van der Waals surface area contributed by atoms with Crippen molar-refractivity contribution < 1.29 is 9.53 Å². The van der Waals surface area contributed by atoms with Crippen LogP contribution in [0.25, 0.3) is 0 Å². The molecule has 1 amide bonds. The molecule has 0 aliphatic heterocycles. The summed E-state index contributed by atoms with van der Waals surface area (Å²) in [7, 11) is 0. The lowest BCUT2D eigenvalue weighted by Crippen LogP contribution is -2.28. The molecular weight excluding hydrogens is 330 g/mol. The number of anilines is 1.